The van der Waals surface area contributed by atoms with Gasteiger partial charge in [0.25, 0.3) is 0 Å². The molecule has 58 valence electrons. The fraction of sp³-hybridized carbons (Fsp3) is 0.600. The van der Waals surface area contributed by atoms with Crippen LogP contribution in [0.15, 0.2) is 23.8 Å². The average Bonchev–Trinajstić information content (AvgIpc) is 2.12. The van der Waals surface area contributed by atoms with Gasteiger partial charge in [-0.1, -0.05) is 44.6 Å². The van der Waals surface area contributed by atoms with E-state index in [1.54, 1.807) is 5.57 Å². The summed E-state index contributed by atoms with van der Waals surface area (Å²) in [6, 6.07) is 0. The van der Waals surface area contributed by atoms with Crippen molar-refractivity contribution in [1.29, 1.82) is 0 Å². The topological polar surface area (TPSA) is 0 Å². The average molecular weight is 144 g/mol. The van der Waals surface area contributed by atoms with Gasteiger partial charge in [0.1, 0.15) is 0 Å². The van der Waals surface area contributed by atoms with Crippen LogP contribution in [0.3, 0.4) is 0 Å². The van der Waals surface area contributed by atoms with Crippen LogP contribution in [-0.4, -0.2) is 18.9 Å². The molecular formula is C10H17Li. The van der Waals surface area contributed by atoms with Crippen LogP contribution in [0, 0.1) is 5.41 Å². The van der Waals surface area contributed by atoms with Crippen LogP contribution >= 0.6 is 0 Å². The minimum absolute atomic E-state index is 0. The molecule has 1 heteroatoms. The molecule has 0 aliphatic heterocycles. The van der Waals surface area contributed by atoms with E-state index < -0.39 is 0 Å². The standard InChI is InChI=1S/C10H16.Li.H/c1-10(2,3)8-9-6-4-5-7-9;;/h4-6H,7-8H2,1-3H3;;. The Morgan fingerprint density at radius 1 is 1.36 bits per heavy atom. The molecule has 0 aromatic heterocycles. The molecule has 0 fully saturated rings. The van der Waals surface area contributed by atoms with Crippen LogP contribution < -0.4 is 0 Å². The molecule has 0 N–H and O–H groups in total. The van der Waals surface area contributed by atoms with Gasteiger partial charge in [0.15, 0.2) is 0 Å². The third kappa shape index (κ3) is 4.51. The summed E-state index contributed by atoms with van der Waals surface area (Å²) in [5.41, 5.74) is 2.03. The van der Waals surface area contributed by atoms with Gasteiger partial charge in [0.2, 0.25) is 0 Å². The Balaban J connectivity index is 0.000001000. The molecule has 0 saturated carbocycles. The van der Waals surface area contributed by atoms with E-state index in [9.17, 15) is 0 Å². The monoisotopic (exact) mass is 144 g/mol. The van der Waals surface area contributed by atoms with Crippen molar-refractivity contribution in [2.75, 3.05) is 0 Å². The third-order valence-electron chi connectivity index (χ3n) is 1.61. The van der Waals surface area contributed by atoms with Crippen molar-refractivity contribution in [2.45, 2.75) is 33.6 Å². The van der Waals surface area contributed by atoms with Crippen molar-refractivity contribution in [2.24, 2.45) is 5.41 Å². The van der Waals surface area contributed by atoms with E-state index in [1.807, 2.05) is 0 Å². The van der Waals surface area contributed by atoms with Gasteiger partial charge in [-0.25, -0.2) is 0 Å². The van der Waals surface area contributed by atoms with Gasteiger partial charge in [-0.15, -0.1) is 0 Å². The van der Waals surface area contributed by atoms with Crippen molar-refractivity contribution in [3.8, 4) is 0 Å². The molecule has 1 aliphatic carbocycles. The molecule has 0 aromatic carbocycles. The van der Waals surface area contributed by atoms with Crippen LogP contribution in [0.2, 0.25) is 0 Å². The Kier molecular flexibility index (Phi) is 4.22. The summed E-state index contributed by atoms with van der Waals surface area (Å²) in [6.45, 7) is 6.85. The van der Waals surface area contributed by atoms with Crippen LogP contribution in [0.1, 0.15) is 33.6 Å². The fourth-order valence-electron chi connectivity index (χ4n) is 1.30. The predicted octanol–water partition coefficient (Wildman–Crippen LogP) is 2.66. The second kappa shape index (κ2) is 4.19. The SMILES string of the molecule is CC(C)(C)CC1=CC=CC1.[LiH]. The first kappa shape index (κ1) is 11.1. The van der Waals surface area contributed by atoms with Gasteiger partial charge >= 0.3 is 18.9 Å². The zero-order chi connectivity index (χ0) is 7.61. The molecule has 0 spiro atoms. The Labute approximate surface area is 81.9 Å². The van der Waals surface area contributed by atoms with Crippen LogP contribution in [-0.2, 0) is 0 Å². The molecule has 0 bridgehead atoms. The van der Waals surface area contributed by atoms with E-state index in [4.69, 9.17) is 0 Å². The molecule has 11 heavy (non-hydrogen) atoms. The quantitative estimate of drug-likeness (QED) is 0.496. The zero-order valence-electron chi connectivity index (χ0n) is 7.15. The Morgan fingerprint density at radius 2 is 2.00 bits per heavy atom. The van der Waals surface area contributed by atoms with E-state index in [-0.39, 0.29) is 18.9 Å². The van der Waals surface area contributed by atoms with Gasteiger partial charge in [-0.05, 0) is 18.3 Å². The van der Waals surface area contributed by atoms with Crippen LogP contribution in [0.4, 0.5) is 0 Å². The Hall–Kier alpha value is 0.0774. The van der Waals surface area contributed by atoms with Gasteiger partial charge in [0, 0.05) is 0 Å². The second-order valence-electron chi connectivity index (χ2n) is 4.19. The van der Waals surface area contributed by atoms with Gasteiger partial charge in [-0.3, -0.25) is 0 Å². The molecular weight excluding hydrogens is 127 g/mol. The summed E-state index contributed by atoms with van der Waals surface area (Å²) in [5, 5.41) is 0. The van der Waals surface area contributed by atoms with Crippen LogP contribution in [0.25, 0.3) is 0 Å². The Bertz CT molecular complexity index is 170. The first-order chi connectivity index (χ1) is 4.58. The summed E-state index contributed by atoms with van der Waals surface area (Å²) in [7, 11) is 0. The van der Waals surface area contributed by atoms with Gasteiger partial charge in [0.05, 0.1) is 0 Å². The van der Waals surface area contributed by atoms with E-state index in [0.717, 1.165) is 0 Å². The molecule has 0 atom stereocenters. The summed E-state index contributed by atoms with van der Waals surface area (Å²) in [5.74, 6) is 0. The molecule has 1 rings (SSSR count). The van der Waals surface area contributed by atoms with Gasteiger partial charge in [-0.2, -0.15) is 0 Å². The molecule has 0 nitrogen and oxygen atoms in total. The van der Waals surface area contributed by atoms with Crippen molar-refractivity contribution in [3.63, 3.8) is 0 Å². The van der Waals surface area contributed by atoms with Crippen molar-refractivity contribution < 1.29 is 0 Å². The van der Waals surface area contributed by atoms with Crippen LogP contribution in [0.5, 0.6) is 0 Å². The molecule has 1 aliphatic rings. The first-order valence-corrected chi connectivity index (χ1v) is 3.92. The summed E-state index contributed by atoms with van der Waals surface area (Å²) in [6.07, 6.45) is 9.03. The maximum absolute atomic E-state index is 2.28. The second-order valence-corrected chi connectivity index (χ2v) is 4.19. The minimum atomic E-state index is 0. The third-order valence-corrected chi connectivity index (χ3v) is 1.61. The number of rotatable bonds is 1. The number of allylic oxidation sites excluding steroid dienone is 4. The molecule has 0 heterocycles. The summed E-state index contributed by atoms with van der Waals surface area (Å²) < 4.78 is 0. The maximum atomic E-state index is 2.28. The summed E-state index contributed by atoms with van der Waals surface area (Å²) in [4.78, 5) is 0. The molecule has 0 radical (unpaired) electrons. The number of hydrogen-bond acceptors (Lipinski definition) is 0. The van der Waals surface area contributed by atoms with Crippen molar-refractivity contribution in [3.05, 3.63) is 23.8 Å². The van der Waals surface area contributed by atoms with Crippen molar-refractivity contribution >= 4 is 18.9 Å². The molecule has 0 saturated heterocycles. The molecule has 0 aromatic rings. The normalized spacial score (nSPS) is 16.1. The van der Waals surface area contributed by atoms with E-state index in [0.29, 0.717) is 5.41 Å². The van der Waals surface area contributed by atoms with E-state index >= 15 is 0 Å². The molecule has 0 amide bonds. The fourth-order valence-corrected chi connectivity index (χ4v) is 1.30. The Morgan fingerprint density at radius 3 is 2.36 bits per heavy atom. The van der Waals surface area contributed by atoms with Crippen molar-refractivity contribution in [1.82, 2.24) is 0 Å². The van der Waals surface area contributed by atoms with E-state index in [2.05, 4.69) is 39.0 Å². The first-order valence-electron chi connectivity index (χ1n) is 3.92. The number of hydrogen-bond donors (Lipinski definition) is 0. The predicted molar refractivity (Wildman–Crippen MR) is 53.1 cm³/mol. The summed E-state index contributed by atoms with van der Waals surface area (Å²) >= 11 is 0. The molecule has 0 unspecified atom stereocenters. The van der Waals surface area contributed by atoms with E-state index in [1.165, 1.54) is 12.8 Å². The zero-order valence-corrected chi connectivity index (χ0v) is 7.15. The van der Waals surface area contributed by atoms with Gasteiger partial charge < -0.3 is 0 Å².